The van der Waals surface area contributed by atoms with Gasteiger partial charge in [-0.15, -0.1) is 0 Å². The highest BCUT2D eigenvalue weighted by molar-refractivity contribution is 9.10. The Morgan fingerprint density at radius 3 is 2.85 bits per heavy atom. The average Bonchev–Trinajstić information content (AvgIpc) is 2.78. The summed E-state index contributed by atoms with van der Waals surface area (Å²) in [6.45, 7) is 4.14. The van der Waals surface area contributed by atoms with Crippen LogP contribution in [0.2, 0.25) is 0 Å². The van der Waals surface area contributed by atoms with Crippen LogP contribution in [0.25, 0.3) is 0 Å². The van der Waals surface area contributed by atoms with E-state index in [1.54, 1.807) is 6.07 Å². The molecule has 1 N–H and O–H groups in total. The number of nitrogens with one attached hydrogen (secondary N) is 1. The maximum Gasteiger partial charge on any atom is 0.137 e. The quantitative estimate of drug-likeness (QED) is 0.883. The Bertz CT molecular complexity index is 472. The van der Waals surface area contributed by atoms with Gasteiger partial charge in [-0.1, -0.05) is 25.0 Å². The lowest BCUT2D eigenvalue weighted by molar-refractivity contribution is 0.203. The summed E-state index contributed by atoms with van der Waals surface area (Å²) in [6.07, 6.45) is 6.42. The first-order valence-corrected chi connectivity index (χ1v) is 8.38. The summed E-state index contributed by atoms with van der Waals surface area (Å²) < 4.78 is 14.3. The molecule has 1 aliphatic heterocycles. The van der Waals surface area contributed by atoms with Crippen molar-refractivity contribution in [3.05, 3.63) is 34.1 Å². The van der Waals surface area contributed by atoms with Gasteiger partial charge in [0.1, 0.15) is 5.82 Å². The van der Waals surface area contributed by atoms with Crippen LogP contribution in [0.15, 0.2) is 22.7 Å². The van der Waals surface area contributed by atoms with Crippen LogP contribution in [0, 0.1) is 5.82 Å². The van der Waals surface area contributed by atoms with Crippen molar-refractivity contribution < 1.29 is 4.39 Å². The molecule has 3 rings (SSSR count). The normalized spacial score (nSPS) is 23.1. The van der Waals surface area contributed by atoms with Gasteiger partial charge in [-0.2, -0.15) is 0 Å². The van der Waals surface area contributed by atoms with Gasteiger partial charge in [0, 0.05) is 18.6 Å². The predicted molar refractivity (Wildman–Crippen MR) is 83.2 cm³/mol. The Morgan fingerprint density at radius 2 is 2.05 bits per heavy atom. The number of nitrogens with zero attached hydrogens (tertiary/aromatic N) is 1. The van der Waals surface area contributed by atoms with E-state index in [4.69, 9.17) is 0 Å². The summed E-state index contributed by atoms with van der Waals surface area (Å²) in [5.41, 5.74) is 1.37. The molecule has 1 saturated carbocycles. The molecule has 1 saturated heterocycles. The molecule has 2 fully saturated rings. The highest BCUT2D eigenvalue weighted by Crippen LogP contribution is 2.32. The van der Waals surface area contributed by atoms with Gasteiger partial charge in [0.05, 0.1) is 4.47 Å². The van der Waals surface area contributed by atoms with E-state index in [-0.39, 0.29) is 5.82 Å². The van der Waals surface area contributed by atoms with Crippen LogP contribution in [0.4, 0.5) is 4.39 Å². The first-order valence-electron chi connectivity index (χ1n) is 7.59. The Labute approximate surface area is 128 Å². The predicted octanol–water partition coefficient (Wildman–Crippen LogP) is 3.70. The zero-order chi connectivity index (χ0) is 14.0. The Kier molecular flexibility index (Phi) is 4.43. The van der Waals surface area contributed by atoms with Crippen LogP contribution < -0.4 is 5.32 Å². The van der Waals surface area contributed by atoms with Crippen molar-refractivity contribution >= 4 is 15.9 Å². The molecule has 0 atom stereocenters. The second-order valence-corrected chi connectivity index (χ2v) is 6.98. The van der Waals surface area contributed by atoms with Crippen molar-refractivity contribution in [2.75, 3.05) is 19.6 Å². The minimum atomic E-state index is -0.161. The van der Waals surface area contributed by atoms with Gasteiger partial charge in [-0.25, -0.2) is 4.39 Å². The van der Waals surface area contributed by atoms with E-state index in [0.29, 0.717) is 10.0 Å². The molecule has 0 aromatic heterocycles. The van der Waals surface area contributed by atoms with Crippen molar-refractivity contribution in [3.63, 3.8) is 0 Å². The summed E-state index contributed by atoms with van der Waals surface area (Å²) in [6, 6.07) is 5.33. The smallest absolute Gasteiger partial charge is 0.137 e. The van der Waals surface area contributed by atoms with Gasteiger partial charge in [-0.05, 0) is 59.9 Å². The summed E-state index contributed by atoms with van der Waals surface area (Å²) in [4.78, 5) is 2.49. The van der Waals surface area contributed by atoms with E-state index < -0.39 is 0 Å². The van der Waals surface area contributed by atoms with E-state index in [1.807, 2.05) is 6.07 Å². The maximum atomic E-state index is 13.6. The molecule has 0 unspecified atom stereocenters. The average molecular weight is 341 g/mol. The molecule has 110 valence electrons. The Morgan fingerprint density at radius 1 is 1.25 bits per heavy atom. The molecular weight excluding hydrogens is 319 g/mol. The van der Waals surface area contributed by atoms with Gasteiger partial charge in [0.25, 0.3) is 0 Å². The monoisotopic (exact) mass is 340 g/mol. The SMILES string of the molecule is Fc1cccc(CN2CCCNC3(CCCC3)C2)c1Br. The first-order chi connectivity index (χ1) is 9.69. The summed E-state index contributed by atoms with van der Waals surface area (Å²) in [7, 11) is 0. The highest BCUT2D eigenvalue weighted by Gasteiger charge is 2.36. The lowest BCUT2D eigenvalue weighted by Gasteiger charge is -2.33. The van der Waals surface area contributed by atoms with Crippen LogP contribution in [0.3, 0.4) is 0 Å². The van der Waals surface area contributed by atoms with Crippen molar-refractivity contribution in [2.45, 2.75) is 44.2 Å². The van der Waals surface area contributed by atoms with Crippen LogP contribution in [0.1, 0.15) is 37.7 Å². The minimum absolute atomic E-state index is 0.161. The molecule has 20 heavy (non-hydrogen) atoms. The molecule has 1 aliphatic carbocycles. The van der Waals surface area contributed by atoms with Gasteiger partial charge >= 0.3 is 0 Å². The second-order valence-electron chi connectivity index (χ2n) is 6.19. The fraction of sp³-hybridized carbons (Fsp3) is 0.625. The molecule has 2 aliphatic rings. The van der Waals surface area contributed by atoms with Crippen LogP contribution in [-0.4, -0.2) is 30.1 Å². The minimum Gasteiger partial charge on any atom is -0.310 e. The first kappa shape index (κ1) is 14.5. The van der Waals surface area contributed by atoms with Gasteiger partial charge in [-0.3, -0.25) is 4.90 Å². The number of hydrogen-bond donors (Lipinski definition) is 1. The van der Waals surface area contributed by atoms with Crippen LogP contribution >= 0.6 is 15.9 Å². The van der Waals surface area contributed by atoms with Gasteiger partial charge in [0.2, 0.25) is 0 Å². The fourth-order valence-electron chi connectivity index (χ4n) is 3.65. The lowest BCUT2D eigenvalue weighted by Crippen LogP contribution is -2.49. The molecule has 4 heteroatoms. The number of halogens is 2. The molecular formula is C16H22BrFN2. The summed E-state index contributed by atoms with van der Waals surface area (Å²) in [5.74, 6) is -0.161. The zero-order valence-corrected chi connectivity index (χ0v) is 13.4. The molecule has 0 amide bonds. The fourth-order valence-corrected chi connectivity index (χ4v) is 4.04. The number of benzene rings is 1. The second kappa shape index (κ2) is 6.12. The molecule has 1 aromatic carbocycles. The van der Waals surface area contributed by atoms with Crippen molar-refractivity contribution in [1.82, 2.24) is 10.2 Å². The van der Waals surface area contributed by atoms with E-state index in [9.17, 15) is 4.39 Å². The maximum absolute atomic E-state index is 13.6. The third-order valence-corrected chi connectivity index (χ3v) is 5.55. The van der Waals surface area contributed by atoms with Gasteiger partial charge in [0.15, 0.2) is 0 Å². The highest BCUT2D eigenvalue weighted by atomic mass is 79.9. The van der Waals surface area contributed by atoms with Crippen molar-refractivity contribution in [1.29, 1.82) is 0 Å². The largest absolute Gasteiger partial charge is 0.310 e. The molecule has 1 aromatic rings. The zero-order valence-electron chi connectivity index (χ0n) is 11.8. The van der Waals surface area contributed by atoms with Crippen molar-refractivity contribution in [2.24, 2.45) is 0 Å². The standard InChI is InChI=1S/C16H22BrFN2/c17-15-13(5-3-6-14(15)18)11-20-10-4-9-19-16(12-20)7-1-2-8-16/h3,5-6,19H,1-2,4,7-12H2. The van der Waals surface area contributed by atoms with E-state index in [1.165, 1.54) is 38.2 Å². The molecule has 0 radical (unpaired) electrons. The Balaban J connectivity index is 1.74. The molecule has 1 heterocycles. The van der Waals surface area contributed by atoms with E-state index in [0.717, 1.165) is 31.7 Å². The number of hydrogen-bond acceptors (Lipinski definition) is 2. The molecule has 1 spiro atoms. The van der Waals surface area contributed by atoms with Crippen LogP contribution in [0.5, 0.6) is 0 Å². The lowest BCUT2D eigenvalue weighted by atomic mass is 9.97. The van der Waals surface area contributed by atoms with Gasteiger partial charge < -0.3 is 5.32 Å². The van der Waals surface area contributed by atoms with Crippen molar-refractivity contribution in [3.8, 4) is 0 Å². The number of rotatable bonds is 2. The third-order valence-electron chi connectivity index (χ3n) is 4.66. The molecule has 0 bridgehead atoms. The summed E-state index contributed by atoms with van der Waals surface area (Å²) >= 11 is 3.38. The summed E-state index contributed by atoms with van der Waals surface area (Å²) in [5, 5.41) is 3.77. The van der Waals surface area contributed by atoms with E-state index in [2.05, 4.69) is 26.1 Å². The third kappa shape index (κ3) is 3.07. The van der Waals surface area contributed by atoms with E-state index >= 15 is 0 Å². The topological polar surface area (TPSA) is 15.3 Å². The van der Waals surface area contributed by atoms with Crippen LogP contribution in [-0.2, 0) is 6.54 Å². The Hall–Kier alpha value is -0.450. The molecule has 2 nitrogen and oxygen atoms in total.